The van der Waals surface area contributed by atoms with Crippen LogP contribution in [0, 0.1) is 0 Å². The van der Waals surface area contributed by atoms with Gasteiger partial charge in [0.1, 0.15) is 5.69 Å². The molecule has 2 aromatic rings. The Labute approximate surface area is 107 Å². The van der Waals surface area contributed by atoms with Gasteiger partial charge in [-0.2, -0.15) is 4.98 Å². The van der Waals surface area contributed by atoms with E-state index in [-0.39, 0.29) is 17.5 Å². The maximum atomic E-state index is 10.9. The molecule has 0 saturated heterocycles. The van der Waals surface area contributed by atoms with E-state index in [1.165, 1.54) is 0 Å². The summed E-state index contributed by atoms with van der Waals surface area (Å²) in [5.41, 5.74) is 11.2. The van der Waals surface area contributed by atoms with E-state index < -0.39 is 5.91 Å². The number of carbonyl (C=O) groups excluding carboxylic acids is 1. The van der Waals surface area contributed by atoms with Crippen LogP contribution in [-0.4, -0.2) is 15.9 Å². The maximum absolute atomic E-state index is 10.9. The first-order chi connectivity index (χ1) is 8.56. The van der Waals surface area contributed by atoms with E-state index in [0.717, 1.165) is 0 Å². The van der Waals surface area contributed by atoms with Crippen LogP contribution in [0.4, 0.5) is 17.5 Å². The topological polar surface area (TPSA) is 123 Å². The summed E-state index contributed by atoms with van der Waals surface area (Å²) in [6.07, 6.45) is 0. The number of nitrogens with zero attached hydrogens (tertiary/aromatic N) is 3. The summed E-state index contributed by atoms with van der Waals surface area (Å²) >= 11 is 5.73. The lowest BCUT2D eigenvalue weighted by Gasteiger charge is -1.91. The third-order valence-corrected chi connectivity index (χ3v) is 2.30. The fourth-order valence-corrected chi connectivity index (χ4v) is 1.35. The Morgan fingerprint density at radius 2 is 1.94 bits per heavy atom. The second-order valence-electron chi connectivity index (χ2n) is 3.36. The lowest BCUT2D eigenvalue weighted by Crippen LogP contribution is -2.13. The Bertz CT molecular complexity index is 603. The van der Waals surface area contributed by atoms with Gasteiger partial charge in [-0.25, -0.2) is 0 Å². The van der Waals surface area contributed by atoms with Gasteiger partial charge in [-0.05, 0) is 24.3 Å². The van der Waals surface area contributed by atoms with Gasteiger partial charge in [-0.3, -0.25) is 4.79 Å². The van der Waals surface area contributed by atoms with E-state index in [0.29, 0.717) is 10.7 Å². The van der Waals surface area contributed by atoms with Crippen LogP contribution in [-0.2, 0) is 0 Å². The third-order valence-electron chi connectivity index (χ3n) is 2.05. The minimum absolute atomic E-state index is 0.00689. The van der Waals surface area contributed by atoms with Gasteiger partial charge in [0.15, 0.2) is 5.82 Å². The molecular formula is C10H9ClN6O. The van der Waals surface area contributed by atoms with Crippen LogP contribution in [0.5, 0.6) is 0 Å². The third kappa shape index (κ3) is 2.64. The van der Waals surface area contributed by atoms with Crippen molar-refractivity contribution in [3.8, 4) is 0 Å². The number of hydrogen-bond donors (Lipinski definition) is 3. The summed E-state index contributed by atoms with van der Waals surface area (Å²) < 4.78 is 0. The first-order valence-electron chi connectivity index (χ1n) is 4.89. The molecule has 1 amide bonds. The van der Waals surface area contributed by atoms with Crippen LogP contribution >= 0.6 is 11.6 Å². The summed E-state index contributed by atoms with van der Waals surface area (Å²) in [6.45, 7) is 0. The average molecular weight is 265 g/mol. The Morgan fingerprint density at radius 1 is 1.28 bits per heavy atom. The van der Waals surface area contributed by atoms with Crippen LogP contribution < -0.4 is 11.5 Å². The molecule has 0 bridgehead atoms. The number of imidazole rings is 1. The van der Waals surface area contributed by atoms with Crippen LogP contribution in [0.25, 0.3) is 0 Å². The van der Waals surface area contributed by atoms with Crippen LogP contribution in [0.2, 0.25) is 5.02 Å². The van der Waals surface area contributed by atoms with Crippen molar-refractivity contribution in [3.05, 3.63) is 35.0 Å². The standard InChI is InChI=1S/C10H9ClN6O/c11-5-1-3-6(4-2-5)16-17-10-14-7(9(13)18)8(12)15-10/h1-4H,12H2,(H2,13,18)(H,14,15). The van der Waals surface area contributed by atoms with Gasteiger partial charge in [-0.1, -0.05) is 11.6 Å². The number of nitrogens with two attached hydrogens (primary N) is 2. The lowest BCUT2D eigenvalue weighted by atomic mass is 10.3. The molecular weight excluding hydrogens is 256 g/mol. The number of H-pyrrole nitrogens is 1. The van der Waals surface area contributed by atoms with Crippen molar-refractivity contribution in [3.63, 3.8) is 0 Å². The van der Waals surface area contributed by atoms with Crippen molar-refractivity contribution >= 4 is 35.0 Å². The number of aromatic nitrogens is 2. The Kier molecular flexibility index (Phi) is 3.24. The number of anilines is 1. The maximum Gasteiger partial charge on any atom is 0.269 e. The number of hydrogen-bond acceptors (Lipinski definition) is 5. The molecule has 0 unspecified atom stereocenters. The summed E-state index contributed by atoms with van der Waals surface area (Å²) in [6, 6.07) is 6.74. The number of azo groups is 1. The van der Waals surface area contributed by atoms with Crippen molar-refractivity contribution in [2.45, 2.75) is 0 Å². The summed E-state index contributed by atoms with van der Waals surface area (Å²) in [7, 11) is 0. The largest absolute Gasteiger partial charge is 0.382 e. The van der Waals surface area contributed by atoms with E-state index >= 15 is 0 Å². The molecule has 0 aliphatic heterocycles. The zero-order valence-corrected chi connectivity index (χ0v) is 9.85. The smallest absolute Gasteiger partial charge is 0.269 e. The molecule has 1 aromatic carbocycles. The van der Waals surface area contributed by atoms with E-state index in [4.69, 9.17) is 23.1 Å². The van der Waals surface area contributed by atoms with Gasteiger partial charge in [0.25, 0.3) is 5.91 Å². The van der Waals surface area contributed by atoms with Crippen molar-refractivity contribution < 1.29 is 4.79 Å². The highest BCUT2D eigenvalue weighted by Gasteiger charge is 2.11. The quantitative estimate of drug-likeness (QED) is 0.736. The number of benzene rings is 1. The Balaban J connectivity index is 2.21. The minimum Gasteiger partial charge on any atom is -0.382 e. The molecule has 0 fully saturated rings. The van der Waals surface area contributed by atoms with Gasteiger partial charge in [0.2, 0.25) is 5.95 Å². The van der Waals surface area contributed by atoms with Crippen LogP contribution in [0.1, 0.15) is 10.5 Å². The molecule has 1 heterocycles. The van der Waals surface area contributed by atoms with E-state index in [2.05, 4.69) is 20.2 Å². The molecule has 0 radical (unpaired) electrons. The molecule has 0 saturated carbocycles. The monoisotopic (exact) mass is 264 g/mol. The number of carbonyl (C=O) groups is 1. The van der Waals surface area contributed by atoms with Gasteiger partial charge < -0.3 is 16.5 Å². The fourth-order valence-electron chi connectivity index (χ4n) is 1.22. The number of primary amides is 1. The highest BCUT2D eigenvalue weighted by Crippen LogP contribution is 2.20. The SMILES string of the molecule is NC(=O)c1[nH]c(N=Nc2ccc(Cl)cc2)nc1N. The molecule has 0 atom stereocenters. The number of aromatic amines is 1. The highest BCUT2D eigenvalue weighted by molar-refractivity contribution is 6.30. The van der Waals surface area contributed by atoms with E-state index in [9.17, 15) is 4.79 Å². The molecule has 7 nitrogen and oxygen atoms in total. The molecule has 1 aromatic heterocycles. The van der Waals surface area contributed by atoms with Crippen LogP contribution in [0.15, 0.2) is 34.5 Å². The zero-order chi connectivity index (χ0) is 13.1. The minimum atomic E-state index is -0.701. The molecule has 18 heavy (non-hydrogen) atoms. The molecule has 5 N–H and O–H groups in total. The molecule has 2 rings (SSSR count). The number of nitrogens with one attached hydrogen (secondary N) is 1. The molecule has 0 aliphatic rings. The number of halogens is 1. The van der Waals surface area contributed by atoms with Gasteiger partial charge in [0, 0.05) is 5.02 Å². The fraction of sp³-hybridized carbons (Fsp3) is 0. The molecule has 8 heteroatoms. The molecule has 92 valence electrons. The first-order valence-corrected chi connectivity index (χ1v) is 5.26. The second kappa shape index (κ2) is 4.84. The lowest BCUT2D eigenvalue weighted by molar-refractivity contribution is 0.0997. The number of rotatable bonds is 3. The van der Waals surface area contributed by atoms with E-state index in [1.54, 1.807) is 24.3 Å². The van der Waals surface area contributed by atoms with Gasteiger partial charge >= 0.3 is 0 Å². The van der Waals surface area contributed by atoms with Gasteiger partial charge in [0.05, 0.1) is 5.69 Å². The summed E-state index contributed by atoms with van der Waals surface area (Å²) in [5.74, 6) is -0.600. The predicted molar refractivity (Wildman–Crippen MR) is 67.1 cm³/mol. The average Bonchev–Trinajstić information content (AvgIpc) is 2.70. The number of amides is 1. The Morgan fingerprint density at radius 3 is 2.50 bits per heavy atom. The normalized spacial score (nSPS) is 10.9. The van der Waals surface area contributed by atoms with Crippen molar-refractivity contribution in [1.29, 1.82) is 0 Å². The number of nitrogen functional groups attached to an aromatic ring is 1. The molecule has 0 spiro atoms. The zero-order valence-electron chi connectivity index (χ0n) is 9.09. The Hall–Kier alpha value is -2.41. The predicted octanol–water partition coefficient (Wildman–Crippen LogP) is 2.16. The van der Waals surface area contributed by atoms with Crippen molar-refractivity contribution in [1.82, 2.24) is 9.97 Å². The van der Waals surface area contributed by atoms with Crippen molar-refractivity contribution in [2.24, 2.45) is 16.0 Å². The highest BCUT2D eigenvalue weighted by atomic mass is 35.5. The molecule has 0 aliphatic carbocycles. The van der Waals surface area contributed by atoms with Crippen LogP contribution in [0.3, 0.4) is 0 Å². The summed E-state index contributed by atoms with van der Waals surface area (Å²) in [5, 5.41) is 8.30. The first kappa shape index (κ1) is 12.1. The van der Waals surface area contributed by atoms with Gasteiger partial charge in [-0.15, -0.1) is 10.2 Å². The second-order valence-corrected chi connectivity index (χ2v) is 3.80. The summed E-state index contributed by atoms with van der Waals surface area (Å²) in [4.78, 5) is 17.3. The van der Waals surface area contributed by atoms with E-state index in [1.807, 2.05) is 0 Å². The van der Waals surface area contributed by atoms with Crippen molar-refractivity contribution in [2.75, 3.05) is 5.73 Å².